The average Bonchev–Trinajstić information content (AvgIpc) is 3.33. The molecular weight excluding hydrogens is 396 g/mol. The zero-order valence-corrected chi connectivity index (χ0v) is 17.9. The van der Waals surface area contributed by atoms with Gasteiger partial charge in [0.2, 0.25) is 0 Å². The van der Waals surface area contributed by atoms with Crippen molar-refractivity contribution < 1.29 is 18.7 Å². The van der Waals surface area contributed by atoms with Crippen LogP contribution in [0.25, 0.3) is 11.1 Å². The summed E-state index contributed by atoms with van der Waals surface area (Å²) < 4.78 is 16.5. The molecule has 0 radical (unpaired) electrons. The highest BCUT2D eigenvalue weighted by Gasteiger charge is 2.14. The molecular formula is C23H24N4O4. The molecule has 4 rings (SSSR count). The van der Waals surface area contributed by atoms with E-state index in [9.17, 15) is 4.79 Å². The molecule has 0 saturated heterocycles. The molecule has 2 N–H and O–H groups in total. The Hall–Kier alpha value is -3.81. The maximum Gasteiger partial charge on any atom is 0.251 e. The minimum Gasteiger partial charge on any atom is -0.493 e. The van der Waals surface area contributed by atoms with Crippen molar-refractivity contribution in [1.82, 2.24) is 20.5 Å². The van der Waals surface area contributed by atoms with Crippen LogP contribution >= 0.6 is 0 Å². The van der Waals surface area contributed by atoms with Crippen molar-refractivity contribution in [2.45, 2.75) is 26.8 Å². The number of aromatic amines is 1. The van der Waals surface area contributed by atoms with Crippen molar-refractivity contribution in [3.05, 3.63) is 70.4 Å². The number of carbonyl (C=O) groups is 1. The van der Waals surface area contributed by atoms with Gasteiger partial charge in [0.25, 0.3) is 5.91 Å². The number of hydrogen-bond donors (Lipinski definition) is 2. The van der Waals surface area contributed by atoms with E-state index in [4.69, 9.17) is 13.9 Å². The number of hydrogen-bond acceptors (Lipinski definition) is 6. The third-order valence-corrected chi connectivity index (χ3v) is 5.20. The summed E-state index contributed by atoms with van der Waals surface area (Å²) in [6.07, 6.45) is 0.496. The molecule has 0 fully saturated rings. The van der Waals surface area contributed by atoms with E-state index in [1.165, 1.54) is 0 Å². The molecule has 0 aliphatic rings. The number of oxazole rings is 1. The van der Waals surface area contributed by atoms with Crippen molar-refractivity contribution in [1.29, 1.82) is 0 Å². The molecule has 0 atom stereocenters. The summed E-state index contributed by atoms with van der Waals surface area (Å²) in [5.74, 6) is 1.70. The third-order valence-electron chi connectivity index (χ3n) is 5.20. The molecule has 1 amide bonds. The van der Waals surface area contributed by atoms with E-state index in [1.54, 1.807) is 32.4 Å². The first kappa shape index (κ1) is 20.5. The number of aromatic nitrogens is 3. The Morgan fingerprint density at radius 3 is 2.61 bits per heavy atom. The second-order valence-corrected chi connectivity index (χ2v) is 7.25. The van der Waals surface area contributed by atoms with Crippen LogP contribution in [0.5, 0.6) is 11.5 Å². The number of ether oxygens (including phenoxy) is 2. The number of carbonyl (C=O) groups excluding carboxylic acids is 1. The molecule has 4 aromatic rings. The summed E-state index contributed by atoms with van der Waals surface area (Å²) in [7, 11) is 3.20. The third kappa shape index (κ3) is 4.23. The van der Waals surface area contributed by atoms with Crippen molar-refractivity contribution in [2.24, 2.45) is 0 Å². The largest absolute Gasteiger partial charge is 0.493 e. The van der Waals surface area contributed by atoms with E-state index in [0.29, 0.717) is 47.0 Å². The van der Waals surface area contributed by atoms with Gasteiger partial charge in [-0.05, 0) is 49.7 Å². The van der Waals surface area contributed by atoms with E-state index in [2.05, 4.69) is 20.5 Å². The Bertz CT molecular complexity index is 1220. The summed E-state index contributed by atoms with van der Waals surface area (Å²) in [6.45, 7) is 4.25. The number of benzene rings is 2. The Labute approximate surface area is 179 Å². The molecule has 2 aromatic heterocycles. The van der Waals surface area contributed by atoms with Gasteiger partial charge in [-0.1, -0.05) is 6.07 Å². The molecule has 0 aliphatic heterocycles. The lowest BCUT2D eigenvalue weighted by Gasteiger charge is -2.08. The van der Waals surface area contributed by atoms with Crippen LogP contribution in [-0.2, 0) is 13.0 Å². The number of H-pyrrole nitrogens is 1. The number of amides is 1. The van der Waals surface area contributed by atoms with E-state index in [1.807, 2.05) is 32.0 Å². The first-order chi connectivity index (χ1) is 15.0. The summed E-state index contributed by atoms with van der Waals surface area (Å²) in [6, 6.07) is 10.9. The molecule has 2 aromatic carbocycles. The van der Waals surface area contributed by atoms with Crippen LogP contribution in [0.3, 0.4) is 0 Å². The number of aryl methyl sites for hydroxylation is 2. The van der Waals surface area contributed by atoms with Crippen LogP contribution in [-0.4, -0.2) is 35.3 Å². The fourth-order valence-corrected chi connectivity index (χ4v) is 3.46. The number of methoxy groups -OCH3 is 2. The van der Waals surface area contributed by atoms with Gasteiger partial charge in [-0.15, -0.1) is 0 Å². The fourth-order valence-electron chi connectivity index (χ4n) is 3.46. The van der Waals surface area contributed by atoms with Gasteiger partial charge in [-0.3, -0.25) is 9.89 Å². The van der Waals surface area contributed by atoms with Crippen LogP contribution < -0.4 is 14.8 Å². The number of fused-ring (bicyclic) bond motifs is 1. The molecule has 0 aliphatic carbocycles. The first-order valence-corrected chi connectivity index (χ1v) is 9.87. The second kappa shape index (κ2) is 8.51. The fraction of sp³-hybridized carbons (Fsp3) is 0.261. The maximum atomic E-state index is 12.6. The van der Waals surface area contributed by atoms with Crippen molar-refractivity contribution in [3.63, 3.8) is 0 Å². The van der Waals surface area contributed by atoms with Gasteiger partial charge < -0.3 is 19.2 Å². The topological polar surface area (TPSA) is 102 Å². The summed E-state index contributed by atoms with van der Waals surface area (Å²) >= 11 is 0. The maximum absolute atomic E-state index is 12.6. The Morgan fingerprint density at radius 2 is 1.90 bits per heavy atom. The summed E-state index contributed by atoms with van der Waals surface area (Å²) in [5.41, 5.74) is 5.58. The molecule has 0 spiro atoms. The van der Waals surface area contributed by atoms with Crippen LogP contribution in [0, 0.1) is 13.8 Å². The Kier molecular flexibility index (Phi) is 5.62. The zero-order valence-electron chi connectivity index (χ0n) is 17.9. The van der Waals surface area contributed by atoms with Gasteiger partial charge >= 0.3 is 0 Å². The lowest BCUT2D eigenvalue weighted by molar-refractivity contribution is 0.0951. The van der Waals surface area contributed by atoms with Crippen LogP contribution in [0.4, 0.5) is 0 Å². The van der Waals surface area contributed by atoms with Gasteiger partial charge in [-0.2, -0.15) is 5.10 Å². The van der Waals surface area contributed by atoms with E-state index in [-0.39, 0.29) is 5.91 Å². The molecule has 31 heavy (non-hydrogen) atoms. The number of nitrogens with one attached hydrogen (secondary N) is 2. The second-order valence-electron chi connectivity index (χ2n) is 7.25. The molecule has 8 heteroatoms. The van der Waals surface area contributed by atoms with E-state index < -0.39 is 0 Å². The molecule has 0 unspecified atom stereocenters. The summed E-state index contributed by atoms with van der Waals surface area (Å²) in [5, 5.41) is 10.0. The highest BCUT2D eigenvalue weighted by atomic mass is 16.5. The number of rotatable bonds is 7. The monoisotopic (exact) mass is 420 g/mol. The lowest BCUT2D eigenvalue weighted by Crippen LogP contribution is -2.23. The van der Waals surface area contributed by atoms with Crippen molar-refractivity contribution in [3.8, 4) is 11.5 Å². The van der Waals surface area contributed by atoms with Gasteiger partial charge in [0.1, 0.15) is 5.52 Å². The molecule has 0 bridgehead atoms. The molecule has 2 heterocycles. The normalized spacial score (nSPS) is 11.0. The molecule has 8 nitrogen and oxygen atoms in total. The van der Waals surface area contributed by atoms with Gasteiger partial charge in [0, 0.05) is 29.8 Å². The van der Waals surface area contributed by atoms with E-state index in [0.717, 1.165) is 22.5 Å². The number of nitrogens with zero attached hydrogens (tertiary/aromatic N) is 2. The molecule has 160 valence electrons. The predicted octanol–water partition coefficient (Wildman–Crippen LogP) is 3.71. The molecule has 0 saturated carbocycles. The van der Waals surface area contributed by atoms with Gasteiger partial charge in [0.15, 0.2) is 23.0 Å². The first-order valence-electron chi connectivity index (χ1n) is 9.87. The SMILES string of the molecule is COc1ccc(Cc2nc3ccc(C(=O)NCc4c(C)n[nH]c4C)cc3o2)cc1OC. The van der Waals surface area contributed by atoms with Crippen LogP contribution in [0.2, 0.25) is 0 Å². The van der Waals surface area contributed by atoms with Gasteiger partial charge in [-0.25, -0.2) is 4.98 Å². The van der Waals surface area contributed by atoms with Crippen LogP contribution in [0.15, 0.2) is 40.8 Å². The highest BCUT2D eigenvalue weighted by molar-refractivity contribution is 5.97. The minimum atomic E-state index is -0.181. The average molecular weight is 420 g/mol. The minimum absolute atomic E-state index is 0.181. The van der Waals surface area contributed by atoms with Gasteiger partial charge in [0.05, 0.1) is 19.9 Å². The predicted molar refractivity (Wildman–Crippen MR) is 116 cm³/mol. The standard InChI is InChI=1S/C23H24N4O4/c1-13-17(14(2)27-26-13)12-24-23(28)16-6-7-18-20(11-16)31-22(25-18)10-15-5-8-19(29-3)21(9-15)30-4/h5-9,11H,10,12H2,1-4H3,(H,24,28)(H,26,27). The van der Waals surface area contributed by atoms with Crippen molar-refractivity contribution >= 4 is 17.0 Å². The highest BCUT2D eigenvalue weighted by Crippen LogP contribution is 2.29. The van der Waals surface area contributed by atoms with Crippen molar-refractivity contribution in [2.75, 3.05) is 14.2 Å². The van der Waals surface area contributed by atoms with E-state index >= 15 is 0 Å². The quantitative estimate of drug-likeness (QED) is 0.473. The van der Waals surface area contributed by atoms with Crippen LogP contribution in [0.1, 0.15) is 38.8 Å². The smallest absolute Gasteiger partial charge is 0.251 e. The zero-order chi connectivity index (χ0) is 22.0. The Balaban J connectivity index is 1.49. The summed E-state index contributed by atoms with van der Waals surface area (Å²) in [4.78, 5) is 17.1. The Morgan fingerprint density at radius 1 is 1.10 bits per heavy atom. The lowest BCUT2D eigenvalue weighted by atomic mass is 10.1.